The topological polar surface area (TPSA) is 127 Å². The van der Waals surface area contributed by atoms with Gasteiger partial charge in [0.1, 0.15) is 23.1 Å². The van der Waals surface area contributed by atoms with Crippen LogP contribution in [0.25, 0.3) is 0 Å². The van der Waals surface area contributed by atoms with Crippen LogP contribution in [0, 0.1) is 39.4 Å². The summed E-state index contributed by atoms with van der Waals surface area (Å²) in [6, 6.07) is 0. The molecule has 0 saturated heterocycles. The van der Waals surface area contributed by atoms with Crippen LogP contribution in [-0.2, 0) is 28.7 Å². The number of carbonyl (C=O) groups excluding carboxylic acids is 4. The Morgan fingerprint density at radius 3 is 1.93 bits per heavy atom. The van der Waals surface area contributed by atoms with Gasteiger partial charge in [0.15, 0.2) is 11.6 Å². The Morgan fingerprint density at radius 2 is 1.39 bits per heavy atom. The minimum Gasteiger partial charge on any atom is -0.456 e. The average Bonchev–Trinajstić information content (AvgIpc) is 3.34. The van der Waals surface area contributed by atoms with Gasteiger partial charge in [-0.2, -0.15) is 0 Å². The molecule has 9 atom stereocenters. The molecule has 0 amide bonds. The quantitative estimate of drug-likeness (QED) is 0.0510. The minimum absolute atomic E-state index is 0.0582. The first-order valence-electron chi connectivity index (χ1n) is 22.3. The van der Waals surface area contributed by atoms with Crippen LogP contribution in [0.1, 0.15) is 185 Å². The van der Waals surface area contributed by atoms with E-state index in [1.807, 2.05) is 20.8 Å². The molecule has 3 saturated carbocycles. The fraction of sp³-hybridized carbons (Fsp3) is 0.833. The smallest absolute Gasteiger partial charge is 0.303 e. The number of aliphatic hydroxyl groups excluding tert-OH is 1. The van der Waals surface area contributed by atoms with Crippen molar-refractivity contribution in [1.29, 1.82) is 0 Å². The molecule has 0 aromatic carbocycles. The molecule has 0 aromatic heterocycles. The lowest BCUT2D eigenvalue weighted by Gasteiger charge is -2.64. The largest absolute Gasteiger partial charge is 0.456 e. The summed E-state index contributed by atoms with van der Waals surface area (Å²) in [6.07, 6.45) is 22.6. The van der Waals surface area contributed by atoms with E-state index >= 15 is 0 Å². The van der Waals surface area contributed by atoms with Gasteiger partial charge >= 0.3 is 5.97 Å². The Labute approximate surface area is 339 Å². The van der Waals surface area contributed by atoms with Crippen LogP contribution >= 0.6 is 0 Å². The number of Topliss-reactive ketones (excluding diaryl/α,β-unsaturated/α-hetero) is 2. The van der Waals surface area contributed by atoms with Gasteiger partial charge in [-0.05, 0) is 95.1 Å². The Kier molecular flexibility index (Phi) is 15.3. The maximum Gasteiger partial charge on any atom is 0.303 e. The first kappa shape index (κ1) is 46.5. The Morgan fingerprint density at radius 1 is 0.857 bits per heavy atom. The number of hydrogen-bond acceptors (Lipinski definition) is 8. The second kappa shape index (κ2) is 18.4. The molecule has 0 heterocycles. The standard InChI is InChI=1S/C48H78O8/c1-11-12-13-14-15-16-17-18-19-20-21-22-23-24-29-55-37-31-45(7)38-26-25-34-35(30-36(50)42(53)44(34,5)6)47(38,9)40(52)32-46(45,8)41(37)48(10,54)39(51)27-28-43(3,4)56-33(2)49/h25,27-28,35-38,41,50,54H,11-24,26,29-32H2,1-10H3/b28-27+/t35-,36+,37-,38+,41?,45+,46-,47+,48+/m1/s1. The average molecular weight is 783 g/mol. The van der Waals surface area contributed by atoms with Gasteiger partial charge in [0, 0.05) is 36.7 Å². The molecule has 56 heavy (non-hydrogen) atoms. The second-order valence-electron chi connectivity index (χ2n) is 20.2. The summed E-state index contributed by atoms with van der Waals surface area (Å²) in [6.45, 7) is 19.1. The van der Waals surface area contributed by atoms with Crippen molar-refractivity contribution in [3.8, 4) is 0 Å². The number of carbonyl (C=O) groups is 4. The predicted octanol–water partition coefficient (Wildman–Crippen LogP) is 10.0. The lowest BCUT2D eigenvalue weighted by molar-refractivity contribution is -0.184. The highest BCUT2D eigenvalue weighted by Gasteiger charge is 2.75. The number of ketones is 3. The lowest BCUT2D eigenvalue weighted by Crippen LogP contribution is -2.65. The van der Waals surface area contributed by atoms with Crippen LogP contribution in [0.4, 0.5) is 0 Å². The number of unbranched alkanes of at least 4 members (excludes halogenated alkanes) is 13. The molecule has 2 N–H and O–H groups in total. The normalized spacial score (nSPS) is 33.7. The van der Waals surface area contributed by atoms with Crippen molar-refractivity contribution in [2.75, 3.05) is 6.61 Å². The third-order valence-corrected chi connectivity index (χ3v) is 15.4. The zero-order chi connectivity index (χ0) is 41.7. The number of rotatable bonds is 21. The molecule has 318 valence electrons. The summed E-state index contributed by atoms with van der Waals surface area (Å²) in [5.74, 6) is -2.23. The van der Waals surface area contributed by atoms with Crippen LogP contribution < -0.4 is 0 Å². The number of aliphatic hydroxyl groups is 2. The van der Waals surface area contributed by atoms with E-state index in [1.54, 1.807) is 20.8 Å². The van der Waals surface area contributed by atoms with Crippen LogP contribution in [0.3, 0.4) is 0 Å². The zero-order valence-electron chi connectivity index (χ0n) is 36.9. The van der Waals surface area contributed by atoms with E-state index in [4.69, 9.17) is 9.47 Å². The maximum absolute atomic E-state index is 14.8. The number of esters is 1. The van der Waals surface area contributed by atoms with E-state index in [2.05, 4.69) is 26.8 Å². The predicted molar refractivity (Wildman–Crippen MR) is 222 cm³/mol. The van der Waals surface area contributed by atoms with Gasteiger partial charge in [0.2, 0.25) is 0 Å². The first-order chi connectivity index (χ1) is 26.1. The molecule has 3 fully saturated rings. The third kappa shape index (κ3) is 9.33. The SMILES string of the molecule is CCCCCCCCCCCCCCCCO[C@@H]1C[C@@]2(C)[C@@H]3CC=C4[C@@H](C[C@H](O)C(=O)C4(C)C)[C@]3(C)C(=O)C[C@]2(C)C1[C@@](C)(O)C(=O)/C=C/C(C)(C)OC(C)=O. The van der Waals surface area contributed by atoms with Crippen LogP contribution in [0.5, 0.6) is 0 Å². The molecule has 8 heteroatoms. The number of ether oxygens (including phenoxy) is 2. The molecule has 0 spiro atoms. The van der Waals surface area contributed by atoms with Crippen molar-refractivity contribution in [2.24, 2.45) is 39.4 Å². The van der Waals surface area contributed by atoms with Gasteiger partial charge in [-0.15, -0.1) is 0 Å². The van der Waals surface area contributed by atoms with Crippen LogP contribution in [0.2, 0.25) is 0 Å². The first-order valence-corrected chi connectivity index (χ1v) is 22.3. The molecule has 0 aliphatic heterocycles. The summed E-state index contributed by atoms with van der Waals surface area (Å²) in [5.41, 5.74) is -4.97. The van der Waals surface area contributed by atoms with Gasteiger partial charge in [-0.1, -0.05) is 123 Å². The minimum atomic E-state index is -1.88. The lowest BCUT2D eigenvalue weighted by atomic mass is 9.38. The van der Waals surface area contributed by atoms with E-state index in [0.29, 0.717) is 19.4 Å². The Hall–Kier alpha value is -2.16. The zero-order valence-corrected chi connectivity index (χ0v) is 36.9. The fourth-order valence-corrected chi connectivity index (χ4v) is 12.0. The van der Waals surface area contributed by atoms with Gasteiger partial charge in [0.25, 0.3) is 0 Å². The van der Waals surface area contributed by atoms with Gasteiger partial charge in [-0.3, -0.25) is 19.2 Å². The van der Waals surface area contributed by atoms with E-state index in [9.17, 15) is 29.4 Å². The monoisotopic (exact) mass is 783 g/mol. The fourth-order valence-electron chi connectivity index (χ4n) is 12.0. The Balaban J connectivity index is 1.51. The molecule has 0 aromatic rings. The number of allylic oxidation sites excluding steroid dienone is 2. The van der Waals surface area contributed by atoms with Gasteiger partial charge in [-0.25, -0.2) is 0 Å². The van der Waals surface area contributed by atoms with E-state index in [0.717, 1.165) is 24.8 Å². The summed E-state index contributed by atoms with van der Waals surface area (Å²) in [5, 5.41) is 23.5. The summed E-state index contributed by atoms with van der Waals surface area (Å²) in [7, 11) is 0. The molecule has 0 radical (unpaired) electrons. The van der Waals surface area contributed by atoms with Crippen molar-refractivity contribution >= 4 is 23.3 Å². The van der Waals surface area contributed by atoms with E-state index < -0.39 is 62.7 Å². The molecule has 0 bridgehead atoms. The molecule has 4 rings (SSSR count). The highest BCUT2D eigenvalue weighted by atomic mass is 16.6. The number of fused-ring (bicyclic) bond motifs is 5. The molecule has 8 nitrogen and oxygen atoms in total. The molecule has 4 aliphatic rings. The highest BCUT2D eigenvalue weighted by Crippen LogP contribution is 2.74. The maximum atomic E-state index is 14.8. The van der Waals surface area contributed by atoms with Gasteiger partial charge in [0.05, 0.1) is 6.10 Å². The van der Waals surface area contributed by atoms with E-state index in [1.165, 1.54) is 89.7 Å². The van der Waals surface area contributed by atoms with Crippen LogP contribution in [0.15, 0.2) is 23.8 Å². The Bertz CT molecular complexity index is 1470. The molecular weight excluding hydrogens is 705 g/mol. The van der Waals surface area contributed by atoms with Crippen molar-refractivity contribution in [2.45, 2.75) is 208 Å². The second-order valence-corrected chi connectivity index (χ2v) is 20.2. The number of hydrogen-bond donors (Lipinski definition) is 2. The molecule has 1 unspecified atom stereocenters. The van der Waals surface area contributed by atoms with E-state index in [-0.39, 0.29) is 36.2 Å². The van der Waals surface area contributed by atoms with Gasteiger partial charge < -0.3 is 19.7 Å². The highest BCUT2D eigenvalue weighted by molar-refractivity contribution is 5.98. The third-order valence-electron chi connectivity index (χ3n) is 15.4. The summed E-state index contributed by atoms with van der Waals surface area (Å²) < 4.78 is 12.2. The molecule has 4 aliphatic carbocycles. The molecular formula is C48H78O8. The summed E-state index contributed by atoms with van der Waals surface area (Å²) >= 11 is 0. The van der Waals surface area contributed by atoms with Crippen molar-refractivity contribution in [1.82, 2.24) is 0 Å². The van der Waals surface area contributed by atoms with Crippen molar-refractivity contribution in [3.63, 3.8) is 0 Å². The van der Waals surface area contributed by atoms with Crippen molar-refractivity contribution < 1.29 is 38.9 Å². The summed E-state index contributed by atoms with van der Waals surface area (Å²) in [4.78, 5) is 53.9. The van der Waals surface area contributed by atoms with Crippen LogP contribution in [-0.4, -0.2) is 63.5 Å². The van der Waals surface area contributed by atoms with Crippen molar-refractivity contribution in [3.05, 3.63) is 23.8 Å².